The molecule has 2 rings (SSSR count). The van der Waals surface area contributed by atoms with E-state index in [1.807, 2.05) is 24.3 Å². The second-order valence-corrected chi connectivity index (χ2v) is 7.37. The number of carbonyl (C=O) groups is 1. The first-order valence-electron chi connectivity index (χ1n) is 8.44. The largest absolute Gasteiger partial charge is 0.495 e. The number of ketones is 1. The van der Waals surface area contributed by atoms with Crippen molar-refractivity contribution in [3.63, 3.8) is 0 Å². The second kappa shape index (κ2) is 7.20. The van der Waals surface area contributed by atoms with Crippen LogP contribution in [0, 0.1) is 17.3 Å². The lowest BCUT2D eigenvalue weighted by Crippen LogP contribution is -2.39. The van der Waals surface area contributed by atoms with Gasteiger partial charge in [0.15, 0.2) is 0 Å². The third-order valence-corrected chi connectivity index (χ3v) is 4.81. The van der Waals surface area contributed by atoms with Crippen molar-refractivity contribution in [2.24, 2.45) is 17.3 Å². The van der Waals surface area contributed by atoms with E-state index < -0.39 is 0 Å². The average Bonchev–Trinajstić information content (AvgIpc) is 2.46. The molecule has 0 saturated carbocycles. The molecule has 0 aliphatic heterocycles. The van der Waals surface area contributed by atoms with Gasteiger partial charge in [-0.3, -0.25) is 4.79 Å². The van der Waals surface area contributed by atoms with E-state index in [9.17, 15) is 4.79 Å². The van der Waals surface area contributed by atoms with Gasteiger partial charge < -0.3 is 10.1 Å². The van der Waals surface area contributed by atoms with Gasteiger partial charge in [-0.15, -0.1) is 0 Å². The van der Waals surface area contributed by atoms with Gasteiger partial charge in [-0.25, -0.2) is 0 Å². The zero-order chi connectivity index (χ0) is 17.0. The Labute approximate surface area is 140 Å². The van der Waals surface area contributed by atoms with Gasteiger partial charge in [0.05, 0.1) is 12.8 Å². The fourth-order valence-electron chi connectivity index (χ4n) is 3.77. The monoisotopic (exact) mass is 315 g/mol. The zero-order valence-corrected chi connectivity index (χ0v) is 14.9. The lowest BCUT2D eigenvalue weighted by Gasteiger charge is -2.39. The maximum atomic E-state index is 12.9. The van der Waals surface area contributed by atoms with Crippen molar-refractivity contribution in [1.82, 2.24) is 0 Å². The fraction of sp³-hybridized carbons (Fsp3) is 0.550. The number of ether oxygens (including phenoxy) is 1. The van der Waals surface area contributed by atoms with Gasteiger partial charge >= 0.3 is 0 Å². The van der Waals surface area contributed by atoms with Crippen LogP contribution in [0.3, 0.4) is 0 Å². The van der Waals surface area contributed by atoms with Crippen molar-refractivity contribution >= 4 is 11.5 Å². The van der Waals surface area contributed by atoms with E-state index in [2.05, 4.69) is 45.2 Å². The van der Waals surface area contributed by atoms with E-state index in [1.165, 1.54) is 0 Å². The smallest absolute Gasteiger partial charge is 0.141 e. The Morgan fingerprint density at radius 1 is 1.39 bits per heavy atom. The molecule has 1 aliphatic rings. The van der Waals surface area contributed by atoms with Crippen molar-refractivity contribution in [2.75, 3.05) is 12.4 Å². The second-order valence-electron chi connectivity index (χ2n) is 7.37. The van der Waals surface area contributed by atoms with E-state index in [0.717, 1.165) is 17.9 Å². The number of hydrogen-bond donors (Lipinski definition) is 1. The first-order valence-corrected chi connectivity index (χ1v) is 8.44. The van der Waals surface area contributed by atoms with E-state index in [0.29, 0.717) is 18.1 Å². The molecule has 23 heavy (non-hydrogen) atoms. The van der Waals surface area contributed by atoms with Gasteiger partial charge in [-0.05, 0) is 36.8 Å². The Morgan fingerprint density at radius 3 is 2.74 bits per heavy atom. The minimum absolute atomic E-state index is 0.0371. The summed E-state index contributed by atoms with van der Waals surface area (Å²) in [6.45, 7) is 8.61. The number of benzene rings is 1. The van der Waals surface area contributed by atoms with Crippen LogP contribution in [0.15, 0.2) is 36.4 Å². The van der Waals surface area contributed by atoms with Crippen LogP contribution >= 0.6 is 0 Å². The Balaban J connectivity index is 2.03. The lowest BCUT2D eigenvalue weighted by atomic mass is 9.64. The molecule has 3 nitrogen and oxygen atoms in total. The Kier molecular flexibility index (Phi) is 5.51. The van der Waals surface area contributed by atoms with Crippen LogP contribution in [0.1, 0.15) is 40.5 Å². The molecule has 0 spiro atoms. The van der Waals surface area contributed by atoms with E-state index >= 15 is 0 Å². The predicted molar refractivity (Wildman–Crippen MR) is 95.9 cm³/mol. The highest BCUT2D eigenvalue weighted by molar-refractivity contribution is 5.83. The van der Waals surface area contributed by atoms with Crippen molar-refractivity contribution in [1.29, 1.82) is 0 Å². The third-order valence-electron chi connectivity index (χ3n) is 4.81. The van der Waals surface area contributed by atoms with Crippen LogP contribution in [0.2, 0.25) is 0 Å². The van der Waals surface area contributed by atoms with Crippen molar-refractivity contribution < 1.29 is 9.53 Å². The average molecular weight is 315 g/mol. The summed E-state index contributed by atoms with van der Waals surface area (Å²) < 4.78 is 5.36. The molecule has 1 aromatic rings. The van der Waals surface area contributed by atoms with Crippen LogP contribution in [-0.2, 0) is 4.79 Å². The summed E-state index contributed by atoms with van der Waals surface area (Å²) in [5.74, 6) is 1.56. The molecule has 0 aromatic heterocycles. The molecule has 1 N–H and O–H groups in total. The summed E-state index contributed by atoms with van der Waals surface area (Å²) in [6, 6.07) is 7.89. The summed E-state index contributed by atoms with van der Waals surface area (Å²) in [6.07, 6.45) is 5.91. The van der Waals surface area contributed by atoms with Crippen molar-refractivity contribution in [3.8, 4) is 5.75 Å². The number of Topliss-reactive ketones (excluding diaryl/α,β-unsaturated/α-hetero) is 1. The minimum atomic E-state index is 0.0371. The number of anilines is 1. The van der Waals surface area contributed by atoms with Gasteiger partial charge in [-0.1, -0.05) is 45.1 Å². The summed E-state index contributed by atoms with van der Waals surface area (Å²) in [4.78, 5) is 12.9. The van der Waals surface area contributed by atoms with E-state index in [-0.39, 0.29) is 17.4 Å². The minimum Gasteiger partial charge on any atom is -0.495 e. The topological polar surface area (TPSA) is 38.3 Å². The quantitative estimate of drug-likeness (QED) is 0.774. The molecule has 0 amide bonds. The van der Waals surface area contributed by atoms with Crippen LogP contribution in [0.25, 0.3) is 0 Å². The standard InChI is InChI=1S/C20H29NO2/c1-14-9-8-12-20(3,4)19(14)17(22)13-15(2)21-16-10-6-7-11-18(16)23-5/h6-11,14-15,19,21H,12-13H2,1-5H3/t14-,15-,19-/m0/s1. The summed E-state index contributed by atoms with van der Waals surface area (Å²) in [5.41, 5.74) is 0.973. The molecule has 0 fully saturated rings. The van der Waals surface area contributed by atoms with Crippen LogP contribution < -0.4 is 10.1 Å². The maximum absolute atomic E-state index is 12.9. The zero-order valence-electron chi connectivity index (χ0n) is 14.9. The van der Waals surface area contributed by atoms with E-state index in [4.69, 9.17) is 4.74 Å². The predicted octanol–water partition coefficient (Wildman–Crippen LogP) is 4.69. The highest BCUT2D eigenvalue weighted by atomic mass is 16.5. The number of hydrogen-bond acceptors (Lipinski definition) is 3. The number of methoxy groups -OCH3 is 1. The SMILES string of the molecule is COc1ccccc1N[C@@H](C)CC(=O)[C@@H]1[C@@H](C)C=CCC1(C)C. The number of nitrogens with one attached hydrogen (secondary N) is 1. The number of rotatable bonds is 6. The van der Waals surface area contributed by atoms with Gasteiger partial charge in [0.25, 0.3) is 0 Å². The molecule has 126 valence electrons. The molecule has 3 heteroatoms. The molecule has 0 heterocycles. The molecule has 1 aromatic carbocycles. The first-order chi connectivity index (χ1) is 10.8. The molecule has 1 aliphatic carbocycles. The number of carbonyl (C=O) groups excluding carboxylic acids is 1. The number of para-hydroxylation sites is 2. The van der Waals surface area contributed by atoms with Crippen LogP contribution in [0.5, 0.6) is 5.75 Å². The maximum Gasteiger partial charge on any atom is 0.141 e. The van der Waals surface area contributed by atoms with Gasteiger partial charge in [-0.2, -0.15) is 0 Å². The molecule has 3 atom stereocenters. The molecule has 0 radical (unpaired) electrons. The fourth-order valence-corrected chi connectivity index (χ4v) is 3.77. The molecule has 0 bridgehead atoms. The van der Waals surface area contributed by atoms with Gasteiger partial charge in [0.2, 0.25) is 0 Å². The Bertz CT molecular complexity index is 577. The summed E-state index contributed by atoms with van der Waals surface area (Å²) in [5, 5.41) is 3.41. The molecule has 0 unspecified atom stereocenters. The molecular formula is C20H29NO2. The van der Waals surface area contributed by atoms with Crippen molar-refractivity contribution in [3.05, 3.63) is 36.4 Å². The Morgan fingerprint density at radius 2 is 2.09 bits per heavy atom. The van der Waals surface area contributed by atoms with Crippen LogP contribution in [-0.4, -0.2) is 18.9 Å². The van der Waals surface area contributed by atoms with Crippen LogP contribution in [0.4, 0.5) is 5.69 Å². The Hall–Kier alpha value is -1.77. The lowest BCUT2D eigenvalue weighted by molar-refractivity contribution is -0.128. The number of allylic oxidation sites excluding steroid dienone is 2. The highest BCUT2D eigenvalue weighted by Gasteiger charge is 2.39. The molecular weight excluding hydrogens is 286 g/mol. The van der Waals surface area contributed by atoms with E-state index in [1.54, 1.807) is 7.11 Å². The summed E-state index contributed by atoms with van der Waals surface area (Å²) in [7, 11) is 1.66. The van der Waals surface area contributed by atoms with Gasteiger partial charge in [0, 0.05) is 18.4 Å². The summed E-state index contributed by atoms with van der Waals surface area (Å²) >= 11 is 0. The third kappa shape index (κ3) is 4.15. The molecule has 0 saturated heterocycles. The van der Waals surface area contributed by atoms with Crippen molar-refractivity contribution in [2.45, 2.75) is 46.6 Å². The van der Waals surface area contributed by atoms with Gasteiger partial charge in [0.1, 0.15) is 11.5 Å². The highest BCUT2D eigenvalue weighted by Crippen LogP contribution is 2.41. The normalized spacial score (nSPS) is 24.0. The first kappa shape index (κ1) is 17.6.